The summed E-state index contributed by atoms with van der Waals surface area (Å²) < 4.78 is 0. The topological polar surface area (TPSA) is 36.4 Å². The Hall–Kier alpha value is -2.66. The van der Waals surface area contributed by atoms with Gasteiger partial charge in [-0.2, -0.15) is 11.3 Å². The number of carbonyl (C=O) groups excluding carboxylic acids is 1. The van der Waals surface area contributed by atoms with Gasteiger partial charge in [0.1, 0.15) is 0 Å². The van der Waals surface area contributed by atoms with E-state index in [1.54, 1.807) is 11.3 Å². The molecule has 5 heteroatoms. The smallest absolute Gasteiger partial charge is 0.254 e. The third-order valence-corrected chi connectivity index (χ3v) is 6.43. The molecule has 1 atom stereocenters. The van der Waals surface area contributed by atoms with E-state index in [0.29, 0.717) is 0 Å². The predicted octanol–water partition coefficient (Wildman–Crippen LogP) is 3.95. The van der Waals surface area contributed by atoms with Crippen LogP contribution in [0.2, 0.25) is 0 Å². The number of amides is 1. The van der Waals surface area contributed by atoms with Crippen molar-refractivity contribution in [2.75, 3.05) is 24.5 Å². The van der Waals surface area contributed by atoms with E-state index >= 15 is 0 Å². The van der Waals surface area contributed by atoms with Gasteiger partial charge in [0.05, 0.1) is 22.4 Å². The van der Waals surface area contributed by atoms with E-state index in [1.165, 1.54) is 11.3 Å². The van der Waals surface area contributed by atoms with Crippen LogP contribution in [0.5, 0.6) is 0 Å². The molecule has 1 aromatic carbocycles. The van der Waals surface area contributed by atoms with Crippen molar-refractivity contribution in [2.45, 2.75) is 18.4 Å². The number of thiophene rings is 1. The van der Waals surface area contributed by atoms with Gasteiger partial charge >= 0.3 is 0 Å². The van der Waals surface area contributed by atoms with Crippen molar-refractivity contribution in [1.29, 1.82) is 0 Å². The lowest BCUT2D eigenvalue weighted by molar-refractivity contribution is 0.0785. The number of pyridine rings is 1. The largest absolute Gasteiger partial charge is 0.365 e. The summed E-state index contributed by atoms with van der Waals surface area (Å²) in [5, 5.41) is 3.91. The van der Waals surface area contributed by atoms with Crippen molar-refractivity contribution in [3.63, 3.8) is 0 Å². The highest BCUT2D eigenvalue weighted by Gasteiger charge is 2.49. The maximum absolute atomic E-state index is 12.8. The molecule has 1 spiro atoms. The Balaban J connectivity index is 1.43. The predicted molar refractivity (Wildman–Crippen MR) is 108 cm³/mol. The number of nitrogens with zero attached hydrogens (tertiary/aromatic N) is 3. The van der Waals surface area contributed by atoms with Gasteiger partial charge in [0.2, 0.25) is 0 Å². The second-order valence-electron chi connectivity index (χ2n) is 7.48. The second kappa shape index (κ2) is 6.50. The van der Waals surface area contributed by atoms with Crippen LogP contribution in [0.25, 0.3) is 0 Å². The van der Waals surface area contributed by atoms with Gasteiger partial charge in [0, 0.05) is 37.8 Å². The Morgan fingerprint density at radius 3 is 2.81 bits per heavy atom. The van der Waals surface area contributed by atoms with Crippen LogP contribution >= 0.6 is 11.3 Å². The molecule has 1 fully saturated rings. The number of likely N-dealkylation sites (tertiary alicyclic amines) is 1. The van der Waals surface area contributed by atoms with Gasteiger partial charge in [-0.1, -0.05) is 30.3 Å². The maximum atomic E-state index is 12.8. The number of hydrogen-bond donors (Lipinski definition) is 0. The molecule has 1 saturated heterocycles. The van der Waals surface area contributed by atoms with Gasteiger partial charge in [0.25, 0.3) is 5.91 Å². The summed E-state index contributed by atoms with van der Waals surface area (Å²) in [5.41, 5.74) is 4.41. The number of anilines is 1. The van der Waals surface area contributed by atoms with Crippen molar-refractivity contribution >= 4 is 22.9 Å². The number of hydrogen-bond acceptors (Lipinski definition) is 4. The van der Waals surface area contributed by atoms with E-state index in [4.69, 9.17) is 4.98 Å². The van der Waals surface area contributed by atoms with E-state index < -0.39 is 0 Å². The normalized spacial score (nSPS) is 21.0. The first-order chi connectivity index (χ1) is 13.3. The van der Waals surface area contributed by atoms with Gasteiger partial charge < -0.3 is 9.80 Å². The van der Waals surface area contributed by atoms with Crippen LogP contribution in [0.15, 0.2) is 65.5 Å². The number of rotatable bonds is 3. The van der Waals surface area contributed by atoms with Crippen molar-refractivity contribution in [2.24, 2.45) is 0 Å². The lowest BCUT2D eigenvalue weighted by atomic mass is 9.85. The quantitative estimate of drug-likeness (QED) is 0.696. The lowest BCUT2D eigenvalue weighted by Crippen LogP contribution is -2.38. The Kier molecular flexibility index (Phi) is 3.97. The Labute approximate surface area is 163 Å². The molecule has 4 nitrogen and oxygen atoms in total. The summed E-state index contributed by atoms with van der Waals surface area (Å²) in [5.74, 6) is 0.145. The molecule has 4 heterocycles. The molecule has 0 N–H and O–H groups in total. The molecule has 1 amide bonds. The summed E-state index contributed by atoms with van der Waals surface area (Å²) in [6.45, 7) is 3.34. The molecule has 0 radical (unpaired) electrons. The van der Waals surface area contributed by atoms with E-state index in [2.05, 4.69) is 41.3 Å². The first kappa shape index (κ1) is 16.5. The first-order valence-corrected chi connectivity index (χ1v) is 10.3. The van der Waals surface area contributed by atoms with Crippen LogP contribution in [-0.2, 0) is 12.0 Å². The molecule has 2 aliphatic rings. The third kappa shape index (κ3) is 2.82. The number of carbonyl (C=O) groups is 1. The van der Waals surface area contributed by atoms with Crippen LogP contribution in [0, 0.1) is 0 Å². The van der Waals surface area contributed by atoms with E-state index in [-0.39, 0.29) is 11.3 Å². The van der Waals surface area contributed by atoms with Crippen LogP contribution in [-0.4, -0.2) is 35.4 Å². The Bertz CT molecular complexity index is 957. The van der Waals surface area contributed by atoms with Crippen LogP contribution in [0.4, 0.5) is 5.69 Å². The zero-order valence-corrected chi connectivity index (χ0v) is 15.9. The summed E-state index contributed by atoms with van der Waals surface area (Å²) in [6.07, 6.45) is 2.86. The third-order valence-electron chi connectivity index (χ3n) is 5.75. The zero-order valence-electron chi connectivity index (χ0n) is 15.0. The molecule has 0 bridgehead atoms. The fraction of sp³-hybridized carbons (Fsp3) is 0.273. The minimum absolute atomic E-state index is 0.0585. The van der Waals surface area contributed by atoms with Crippen molar-refractivity contribution in [3.05, 3.63) is 82.3 Å². The fourth-order valence-electron chi connectivity index (χ4n) is 4.47. The molecule has 0 saturated carbocycles. The van der Waals surface area contributed by atoms with Gasteiger partial charge in [-0.15, -0.1) is 0 Å². The van der Waals surface area contributed by atoms with E-state index in [1.807, 2.05) is 34.0 Å². The summed E-state index contributed by atoms with van der Waals surface area (Å²) >= 11 is 1.57. The molecule has 0 aliphatic carbocycles. The van der Waals surface area contributed by atoms with E-state index in [0.717, 1.165) is 43.9 Å². The standard InChI is InChI=1S/C22H21N3OS/c26-21(18-8-12-27-14-18)24-11-9-22(15-24)16-25(13-17-5-2-1-3-6-17)19-7-4-10-23-20(19)22/h1-8,10,12,14H,9,11,13,15-16H2/t22-/m1/s1. The van der Waals surface area contributed by atoms with Gasteiger partial charge in [-0.3, -0.25) is 9.78 Å². The second-order valence-corrected chi connectivity index (χ2v) is 8.26. The molecule has 2 aliphatic heterocycles. The van der Waals surface area contributed by atoms with Crippen molar-refractivity contribution < 1.29 is 4.79 Å². The zero-order chi connectivity index (χ0) is 18.3. The van der Waals surface area contributed by atoms with Crippen LogP contribution in [0.1, 0.15) is 28.0 Å². The monoisotopic (exact) mass is 375 g/mol. The SMILES string of the molecule is O=C(c1ccsc1)N1CC[C@@]2(C1)CN(Cc1ccccc1)c1cccnc12. The summed E-state index contributed by atoms with van der Waals surface area (Å²) in [4.78, 5) is 22.0. The number of fused-ring (bicyclic) bond motifs is 2. The van der Waals surface area contributed by atoms with Crippen molar-refractivity contribution in [3.8, 4) is 0 Å². The van der Waals surface area contributed by atoms with E-state index in [9.17, 15) is 4.79 Å². The highest BCUT2D eigenvalue weighted by molar-refractivity contribution is 7.08. The highest BCUT2D eigenvalue weighted by atomic mass is 32.1. The molecular weight excluding hydrogens is 354 g/mol. The van der Waals surface area contributed by atoms with Gasteiger partial charge in [-0.05, 0) is 35.6 Å². The fourth-order valence-corrected chi connectivity index (χ4v) is 5.10. The minimum atomic E-state index is -0.0585. The molecule has 5 rings (SSSR count). The first-order valence-electron chi connectivity index (χ1n) is 9.31. The van der Waals surface area contributed by atoms with Gasteiger partial charge in [-0.25, -0.2) is 0 Å². The maximum Gasteiger partial charge on any atom is 0.254 e. The summed E-state index contributed by atoms with van der Waals surface area (Å²) in [7, 11) is 0. The van der Waals surface area contributed by atoms with Gasteiger partial charge in [0.15, 0.2) is 0 Å². The average molecular weight is 375 g/mol. The number of aromatic nitrogens is 1. The van der Waals surface area contributed by atoms with Crippen molar-refractivity contribution in [1.82, 2.24) is 9.88 Å². The molecular formula is C22H21N3OS. The van der Waals surface area contributed by atoms with Crippen LogP contribution in [0.3, 0.4) is 0 Å². The lowest BCUT2D eigenvalue weighted by Gasteiger charge is -2.25. The molecule has 0 unspecified atom stereocenters. The summed E-state index contributed by atoms with van der Waals surface area (Å²) in [6, 6.07) is 16.7. The average Bonchev–Trinajstić information content (AvgIpc) is 3.44. The molecule has 3 aromatic rings. The Morgan fingerprint density at radius 1 is 1.11 bits per heavy atom. The Morgan fingerprint density at radius 2 is 2.00 bits per heavy atom. The molecule has 27 heavy (non-hydrogen) atoms. The number of benzene rings is 1. The highest BCUT2D eigenvalue weighted by Crippen LogP contribution is 2.45. The van der Waals surface area contributed by atoms with Crippen LogP contribution < -0.4 is 4.90 Å². The minimum Gasteiger partial charge on any atom is -0.365 e. The molecule has 2 aromatic heterocycles. The molecule has 136 valence electrons.